The Morgan fingerprint density at radius 3 is 2.60 bits per heavy atom. The lowest BCUT2D eigenvalue weighted by Gasteiger charge is -2.23. The topological polar surface area (TPSA) is 66.4 Å². The Hall–Kier alpha value is -0.710. The summed E-state index contributed by atoms with van der Waals surface area (Å²) in [5.41, 5.74) is 0. The Morgan fingerprint density at radius 2 is 1.95 bits per heavy atom. The molecule has 5 unspecified atom stereocenters. The third kappa shape index (κ3) is 3.48. The highest BCUT2D eigenvalue weighted by Crippen LogP contribution is 2.37. The number of hydrogen-bond donors (Lipinski definition) is 2. The van der Waals surface area contributed by atoms with Crippen LogP contribution in [-0.4, -0.2) is 34.0 Å². The zero-order valence-electron chi connectivity index (χ0n) is 12.3. The number of hydrogen-bond acceptors (Lipinski definition) is 3. The Morgan fingerprint density at radius 1 is 1.25 bits per heavy atom. The van der Waals surface area contributed by atoms with Crippen molar-refractivity contribution in [2.24, 2.45) is 17.8 Å². The summed E-state index contributed by atoms with van der Waals surface area (Å²) in [5, 5.41) is 12.9. The molecule has 114 valence electrons. The van der Waals surface area contributed by atoms with Crippen LogP contribution in [0, 0.1) is 17.8 Å². The monoisotopic (exact) mass is 299 g/mol. The fourth-order valence-electron chi connectivity index (χ4n) is 3.65. The minimum absolute atomic E-state index is 0.0321. The fourth-order valence-corrected chi connectivity index (χ4v) is 4.85. The first-order valence-corrected chi connectivity index (χ1v) is 8.72. The molecule has 5 atom stereocenters. The van der Waals surface area contributed by atoms with Crippen molar-refractivity contribution in [3.8, 4) is 0 Å². The molecule has 2 saturated carbocycles. The van der Waals surface area contributed by atoms with Gasteiger partial charge in [0.1, 0.15) is 0 Å². The Labute approximate surface area is 125 Å². The average molecular weight is 299 g/mol. The van der Waals surface area contributed by atoms with E-state index in [1.54, 1.807) is 0 Å². The van der Waals surface area contributed by atoms with Gasteiger partial charge in [-0.3, -0.25) is 9.59 Å². The van der Waals surface area contributed by atoms with Crippen LogP contribution in [0.3, 0.4) is 0 Å². The number of carbonyl (C=O) groups is 2. The van der Waals surface area contributed by atoms with Crippen LogP contribution in [0.15, 0.2) is 0 Å². The normalized spacial score (nSPS) is 37.0. The number of thioether (sulfide) groups is 1. The molecule has 0 spiro atoms. The summed E-state index contributed by atoms with van der Waals surface area (Å²) in [7, 11) is 0. The first kappa shape index (κ1) is 15.7. The van der Waals surface area contributed by atoms with E-state index < -0.39 is 11.9 Å². The van der Waals surface area contributed by atoms with Gasteiger partial charge in [-0.2, -0.15) is 11.8 Å². The van der Waals surface area contributed by atoms with Gasteiger partial charge in [-0.15, -0.1) is 0 Å². The molecule has 0 aromatic rings. The molecule has 1 amide bonds. The minimum atomic E-state index is -0.819. The zero-order valence-corrected chi connectivity index (χ0v) is 13.1. The summed E-state index contributed by atoms with van der Waals surface area (Å²) >= 11 is 1.91. The largest absolute Gasteiger partial charge is 0.481 e. The van der Waals surface area contributed by atoms with Gasteiger partial charge < -0.3 is 10.4 Å². The second kappa shape index (κ2) is 6.83. The van der Waals surface area contributed by atoms with E-state index in [0.29, 0.717) is 24.0 Å². The van der Waals surface area contributed by atoms with Crippen LogP contribution in [-0.2, 0) is 9.59 Å². The maximum absolute atomic E-state index is 12.4. The zero-order chi connectivity index (χ0) is 14.7. The molecule has 0 saturated heterocycles. The SMILES string of the molecule is CCSC1CCCC1NC(=O)C1CC(C)CC1C(=O)O. The molecule has 2 rings (SSSR count). The summed E-state index contributed by atoms with van der Waals surface area (Å²) in [6.45, 7) is 4.18. The van der Waals surface area contributed by atoms with Crippen molar-refractivity contribution in [2.45, 2.75) is 57.2 Å². The van der Waals surface area contributed by atoms with Crippen molar-refractivity contribution in [3.63, 3.8) is 0 Å². The molecule has 5 heteroatoms. The van der Waals surface area contributed by atoms with Gasteiger partial charge in [-0.25, -0.2) is 0 Å². The summed E-state index contributed by atoms with van der Waals surface area (Å²) in [6.07, 6.45) is 4.69. The maximum Gasteiger partial charge on any atom is 0.307 e. The van der Waals surface area contributed by atoms with E-state index in [1.165, 1.54) is 0 Å². The minimum Gasteiger partial charge on any atom is -0.481 e. The van der Waals surface area contributed by atoms with E-state index in [2.05, 4.69) is 12.2 Å². The molecule has 2 fully saturated rings. The highest BCUT2D eigenvalue weighted by atomic mass is 32.2. The molecule has 0 aromatic heterocycles. The van der Waals surface area contributed by atoms with E-state index in [0.717, 1.165) is 25.0 Å². The Kier molecular flexibility index (Phi) is 5.35. The molecule has 0 aliphatic heterocycles. The Balaban J connectivity index is 1.95. The van der Waals surface area contributed by atoms with Gasteiger partial charge in [0.05, 0.1) is 11.8 Å². The van der Waals surface area contributed by atoms with E-state index in [9.17, 15) is 14.7 Å². The predicted octanol–water partition coefficient (Wildman–Crippen LogP) is 2.52. The second-order valence-corrected chi connectivity index (χ2v) is 7.68. The molecule has 2 aliphatic rings. The standard InChI is InChI=1S/C15H25NO3S/c1-3-20-13-6-4-5-12(13)16-14(17)10-7-9(2)8-11(10)15(18)19/h9-13H,3-8H2,1-2H3,(H,16,17)(H,18,19). The van der Waals surface area contributed by atoms with E-state index in [-0.39, 0.29) is 17.9 Å². The molecule has 0 heterocycles. The van der Waals surface area contributed by atoms with Crippen molar-refractivity contribution < 1.29 is 14.7 Å². The van der Waals surface area contributed by atoms with E-state index >= 15 is 0 Å². The van der Waals surface area contributed by atoms with Gasteiger partial charge in [0.2, 0.25) is 5.91 Å². The number of carboxylic acid groups (broad SMARTS) is 1. The first-order chi connectivity index (χ1) is 9.52. The third-order valence-corrected chi connectivity index (χ3v) is 5.94. The maximum atomic E-state index is 12.4. The lowest BCUT2D eigenvalue weighted by atomic mass is 9.95. The fraction of sp³-hybridized carbons (Fsp3) is 0.867. The number of carboxylic acids is 1. The number of rotatable bonds is 5. The molecule has 2 N–H and O–H groups in total. The Bertz CT molecular complexity index is 374. The molecule has 2 aliphatic carbocycles. The van der Waals surface area contributed by atoms with Gasteiger partial charge in [0, 0.05) is 11.3 Å². The van der Waals surface area contributed by atoms with E-state index in [4.69, 9.17) is 0 Å². The molecule has 4 nitrogen and oxygen atoms in total. The average Bonchev–Trinajstić information content (AvgIpc) is 2.97. The quantitative estimate of drug-likeness (QED) is 0.818. The molecular weight excluding hydrogens is 274 g/mol. The van der Waals surface area contributed by atoms with Crippen LogP contribution in [0.4, 0.5) is 0 Å². The van der Waals surface area contributed by atoms with Crippen molar-refractivity contribution in [1.82, 2.24) is 5.32 Å². The van der Waals surface area contributed by atoms with Crippen molar-refractivity contribution >= 4 is 23.6 Å². The lowest BCUT2D eigenvalue weighted by Crippen LogP contribution is -2.43. The lowest BCUT2D eigenvalue weighted by molar-refractivity contribution is -0.146. The predicted molar refractivity (Wildman–Crippen MR) is 80.7 cm³/mol. The van der Waals surface area contributed by atoms with Crippen molar-refractivity contribution in [3.05, 3.63) is 0 Å². The number of nitrogens with one attached hydrogen (secondary N) is 1. The molecule has 0 bridgehead atoms. The van der Waals surface area contributed by atoms with Gasteiger partial charge in [-0.05, 0) is 37.4 Å². The van der Waals surface area contributed by atoms with Crippen molar-refractivity contribution in [2.75, 3.05) is 5.75 Å². The summed E-state index contributed by atoms with van der Waals surface area (Å²) in [6, 6.07) is 0.234. The second-order valence-electron chi connectivity index (χ2n) is 6.17. The number of aliphatic carboxylic acids is 1. The molecular formula is C15H25NO3S. The van der Waals surface area contributed by atoms with Crippen LogP contribution in [0.1, 0.15) is 46.0 Å². The van der Waals surface area contributed by atoms with Gasteiger partial charge in [0.25, 0.3) is 0 Å². The van der Waals surface area contributed by atoms with Gasteiger partial charge >= 0.3 is 5.97 Å². The van der Waals surface area contributed by atoms with Crippen LogP contribution >= 0.6 is 11.8 Å². The van der Waals surface area contributed by atoms with Gasteiger partial charge in [-0.1, -0.05) is 20.3 Å². The van der Waals surface area contributed by atoms with Crippen LogP contribution in [0.25, 0.3) is 0 Å². The van der Waals surface area contributed by atoms with Gasteiger partial charge in [0.15, 0.2) is 0 Å². The molecule has 20 heavy (non-hydrogen) atoms. The molecule has 0 aromatic carbocycles. The highest BCUT2D eigenvalue weighted by Gasteiger charge is 2.42. The van der Waals surface area contributed by atoms with Crippen LogP contribution in [0.5, 0.6) is 0 Å². The third-order valence-electron chi connectivity index (χ3n) is 4.61. The van der Waals surface area contributed by atoms with Crippen LogP contribution in [0.2, 0.25) is 0 Å². The highest BCUT2D eigenvalue weighted by molar-refractivity contribution is 7.99. The summed E-state index contributed by atoms with van der Waals surface area (Å²) in [5.74, 6) is -0.291. The first-order valence-electron chi connectivity index (χ1n) is 7.67. The number of carbonyl (C=O) groups excluding carboxylic acids is 1. The molecule has 0 radical (unpaired) electrons. The number of amides is 1. The van der Waals surface area contributed by atoms with Crippen molar-refractivity contribution in [1.29, 1.82) is 0 Å². The smallest absolute Gasteiger partial charge is 0.307 e. The summed E-state index contributed by atoms with van der Waals surface area (Å²) in [4.78, 5) is 23.7. The van der Waals surface area contributed by atoms with E-state index in [1.807, 2.05) is 18.7 Å². The summed E-state index contributed by atoms with van der Waals surface area (Å²) < 4.78 is 0. The van der Waals surface area contributed by atoms with Crippen LogP contribution < -0.4 is 5.32 Å².